The maximum atomic E-state index is 15.5. The molecule has 0 saturated heterocycles. The lowest BCUT2D eigenvalue weighted by Crippen LogP contribution is -2.35. The third-order valence-electron chi connectivity index (χ3n) is 11.4. The number of fused-ring (bicyclic) bond motifs is 7. The molecule has 0 saturated carbocycles. The van der Waals surface area contributed by atoms with Crippen molar-refractivity contribution < 1.29 is 4.57 Å². The van der Waals surface area contributed by atoms with Gasteiger partial charge in [0.25, 0.3) is 0 Å². The Morgan fingerprint density at radius 3 is 1.80 bits per heavy atom. The zero-order valence-corrected chi connectivity index (χ0v) is 32.6. The van der Waals surface area contributed by atoms with E-state index in [9.17, 15) is 0 Å². The van der Waals surface area contributed by atoms with Gasteiger partial charge < -0.3 is 9.13 Å². The first-order valence-electron chi connectivity index (χ1n) is 19.1. The van der Waals surface area contributed by atoms with E-state index in [1.165, 1.54) is 59.9 Å². The lowest BCUT2D eigenvalue weighted by molar-refractivity contribution is 0.592. The van der Waals surface area contributed by atoms with Crippen LogP contribution in [0.4, 0.5) is 0 Å². The van der Waals surface area contributed by atoms with Crippen LogP contribution in [0, 0.1) is 5.92 Å². The Morgan fingerprint density at radius 1 is 0.545 bits per heavy atom. The molecule has 0 fully saturated rings. The number of thioether (sulfide) groups is 1. The molecule has 0 radical (unpaired) electrons. The van der Waals surface area contributed by atoms with E-state index < -0.39 is 12.6 Å². The van der Waals surface area contributed by atoms with Crippen LogP contribution in [-0.2, 0) is 9.98 Å². The molecular weight excluding hydrogens is 706 g/mol. The highest BCUT2D eigenvalue weighted by Gasteiger charge is 2.45. The van der Waals surface area contributed by atoms with E-state index in [1.807, 2.05) is 72.4 Å². The first-order valence-corrected chi connectivity index (χ1v) is 21.8. The van der Waals surface area contributed by atoms with Crippen molar-refractivity contribution in [2.75, 3.05) is 5.75 Å². The van der Waals surface area contributed by atoms with Crippen LogP contribution < -0.4 is 15.9 Å². The van der Waals surface area contributed by atoms with E-state index in [2.05, 4.69) is 146 Å². The Hall–Kier alpha value is -5.60. The van der Waals surface area contributed by atoms with Crippen LogP contribution in [-0.4, -0.2) is 10.3 Å². The summed E-state index contributed by atoms with van der Waals surface area (Å²) in [5, 5.41) is 7.53. The SMILES string of the molecule is CC(C)CSc1ccc(C2(c3ccc(P(=O)(c4ccccc4)c4ccccc4)cc3)c3ccccc3-n3c4ccc5ccccc5c4c4cccc2c43)cc1. The van der Waals surface area contributed by atoms with Crippen LogP contribution in [0.1, 0.15) is 36.1 Å². The molecule has 0 bridgehead atoms. The largest absolute Gasteiger partial charge is 0.309 e. The van der Waals surface area contributed by atoms with Crippen molar-refractivity contribution in [1.29, 1.82) is 0 Å². The fraction of sp³-hybridized carbons (Fsp3) is 0.0980. The molecule has 4 heteroatoms. The summed E-state index contributed by atoms with van der Waals surface area (Å²) in [6.45, 7) is 4.55. The van der Waals surface area contributed by atoms with Crippen molar-refractivity contribution in [3.63, 3.8) is 0 Å². The van der Waals surface area contributed by atoms with E-state index >= 15 is 4.57 Å². The minimum Gasteiger partial charge on any atom is -0.309 e. The summed E-state index contributed by atoms with van der Waals surface area (Å²) < 4.78 is 18.0. The van der Waals surface area contributed by atoms with Gasteiger partial charge in [0.1, 0.15) is 0 Å². The van der Waals surface area contributed by atoms with Gasteiger partial charge in [-0.25, -0.2) is 0 Å². The van der Waals surface area contributed by atoms with Gasteiger partial charge in [-0.1, -0.05) is 178 Å². The predicted molar refractivity (Wildman–Crippen MR) is 235 cm³/mol. The number of benzene rings is 8. The van der Waals surface area contributed by atoms with Crippen molar-refractivity contribution in [2.24, 2.45) is 5.92 Å². The highest BCUT2D eigenvalue weighted by Crippen LogP contribution is 2.55. The summed E-state index contributed by atoms with van der Waals surface area (Å²) in [6.07, 6.45) is 0. The van der Waals surface area contributed by atoms with E-state index in [1.54, 1.807) is 0 Å². The number of hydrogen-bond donors (Lipinski definition) is 0. The molecule has 1 atom stereocenters. The molecule has 8 aromatic carbocycles. The molecule has 0 amide bonds. The molecule has 266 valence electrons. The number of hydrogen-bond acceptors (Lipinski definition) is 2. The van der Waals surface area contributed by atoms with E-state index in [-0.39, 0.29) is 0 Å². The second kappa shape index (κ2) is 13.3. The van der Waals surface area contributed by atoms with Crippen molar-refractivity contribution in [3.05, 3.63) is 210 Å². The Kier molecular flexibility index (Phi) is 8.21. The summed E-state index contributed by atoms with van der Waals surface area (Å²) in [4.78, 5) is 1.28. The van der Waals surface area contributed by atoms with Crippen LogP contribution in [0.15, 0.2) is 193 Å². The Morgan fingerprint density at radius 2 is 1.11 bits per heavy atom. The summed E-state index contributed by atoms with van der Waals surface area (Å²) in [5.74, 6) is 1.68. The van der Waals surface area contributed by atoms with Crippen LogP contribution >= 0.6 is 18.9 Å². The molecule has 0 spiro atoms. The molecule has 0 N–H and O–H groups in total. The molecule has 1 unspecified atom stereocenters. The smallest absolute Gasteiger partial charge is 0.171 e. The monoisotopic (exact) mass is 745 g/mol. The van der Waals surface area contributed by atoms with Crippen molar-refractivity contribution in [2.45, 2.75) is 24.2 Å². The fourth-order valence-corrected chi connectivity index (χ4v) is 12.5. The zero-order chi connectivity index (χ0) is 37.1. The molecule has 1 aliphatic rings. The van der Waals surface area contributed by atoms with Crippen LogP contribution in [0.25, 0.3) is 38.3 Å². The molecule has 9 aromatic rings. The number of rotatable bonds is 8. The van der Waals surface area contributed by atoms with Gasteiger partial charge in [-0.15, -0.1) is 11.8 Å². The van der Waals surface area contributed by atoms with E-state index in [0.29, 0.717) is 5.92 Å². The number of nitrogens with zero attached hydrogens (tertiary/aromatic N) is 1. The number of aromatic nitrogens is 1. The van der Waals surface area contributed by atoms with E-state index in [0.717, 1.165) is 27.2 Å². The molecule has 2 heterocycles. The lowest BCUT2D eigenvalue weighted by atomic mass is 9.63. The van der Waals surface area contributed by atoms with Gasteiger partial charge in [0, 0.05) is 37.3 Å². The zero-order valence-electron chi connectivity index (χ0n) is 30.9. The van der Waals surface area contributed by atoms with Crippen molar-refractivity contribution in [3.8, 4) is 5.69 Å². The van der Waals surface area contributed by atoms with Gasteiger partial charge in [-0.2, -0.15) is 0 Å². The molecule has 10 rings (SSSR count). The highest BCUT2D eigenvalue weighted by atomic mass is 32.2. The first-order chi connectivity index (χ1) is 27.0. The second-order valence-corrected chi connectivity index (χ2v) is 18.9. The summed E-state index contributed by atoms with van der Waals surface area (Å²) in [6, 6.07) is 67.1. The summed E-state index contributed by atoms with van der Waals surface area (Å²) >= 11 is 1.92. The van der Waals surface area contributed by atoms with Gasteiger partial charge in [-0.05, 0) is 63.2 Å². The van der Waals surface area contributed by atoms with Gasteiger partial charge in [0.2, 0.25) is 0 Å². The maximum absolute atomic E-state index is 15.5. The third-order valence-corrected chi connectivity index (χ3v) is 15.9. The van der Waals surface area contributed by atoms with Crippen molar-refractivity contribution >= 4 is 67.4 Å². The van der Waals surface area contributed by atoms with Gasteiger partial charge >= 0.3 is 0 Å². The van der Waals surface area contributed by atoms with Gasteiger partial charge in [0.15, 0.2) is 7.14 Å². The molecule has 0 aliphatic carbocycles. The lowest BCUT2D eigenvalue weighted by Gasteiger charge is -2.42. The predicted octanol–water partition coefficient (Wildman–Crippen LogP) is 12.0. The average molecular weight is 746 g/mol. The number of para-hydroxylation sites is 2. The average Bonchev–Trinajstić information content (AvgIpc) is 3.60. The Labute approximate surface area is 326 Å². The molecule has 55 heavy (non-hydrogen) atoms. The third kappa shape index (κ3) is 5.14. The minimum absolute atomic E-state index is 0.609. The standard InChI is InChI=1S/C51H40NOPS/c1-35(2)34-55-42-31-27-38(28-32-42)51(37-25-29-41(30-26-37)54(53,39-15-5-3-6-16-39)40-17-7-4-8-18-40)45-21-11-12-23-47(45)52-48-33-24-36-14-9-10-19-43(36)49(48)44-20-13-22-46(51)50(44)52/h3-33,35H,34H2,1-2H3. The molecule has 2 nitrogen and oxygen atoms in total. The van der Waals surface area contributed by atoms with E-state index in [4.69, 9.17) is 0 Å². The van der Waals surface area contributed by atoms with Crippen LogP contribution in [0.5, 0.6) is 0 Å². The molecule has 1 aliphatic heterocycles. The molecular formula is C51H40NOPS. The molecule has 1 aromatic heterocycles. The normalized spacial score (nSPS) is 15.2. The second-order valence-electron chi connectivity index (χ2n) is 15.0. The maximum Gasteiger partial charge on any atom is 0.171 e. The van der Waals surface area contributed by atoms with Gasteiger partial charge in [0.05, 0.1) is 22.1 Å². The first kappa shape index (κ1) is 33.9. The van der Waals surface area contributed by atoms with Crippen LogP contribution in [0.3, 0.4) is 0 Å². The summed E-state index contributed by atoms with van der Waals surface area (Å²) in [7, 11) is -3.17. The summed E-state index contributed by atoms with van der Waals surface area (Å²) in [5.41, 5.74) is 7.80. The topological polar surface area (TPSA) is 22.0 Å². The van der Waals surface area contributed by atoms with Crippen molar-refractivity contribution in [1.82, 2.24) is 4.57 Å². The van der Waals surface area contributed by atoms with Crippen LogP contribution in [0.2, 0.25) is 0 Å². The fourth-order valence-electron chi connectivity index (χ4n) is 9.02. The van der Waals surface area contributed by atoms with Gasteiger partial charge in [-0.3, -0.25) is 0 Å². The quantitative estimate of drug-likeness (QED) is 0.114. The minimum atomic E-state index is -3.17. The highest BCUT2D eigenvalue weighted by molar-refractivity contribution is 7.99. The Balaban J connectivity index is 1.28. The Bertz CT molecular complexity index is 2870.